The second kappa shape index (κ2) is 6.36. The van der Waals surface area contributed by atoms with Crippen LogP contribution in [0.2, 0.25) is 0 Å². The van der Waals surface area contributed by atoms with Crippen LogP contribution in [0.1, 0.15) is 5.56 Å². The van der Waals surface area contributed by atoms with E-state index in [-0.39, 0.29) is 6.79 Å². The summed E-state index contributed by atoms with van der Waals surface area (Å²) in [5.74, 6) is 1.57. The van der Waals surface area contributed by atoms with Gasteiger partial charge in [-0.1, -0.05) is 12.1 Å². The Labute approximate surface area is 145 Å². The summed E-state index contributed by atoms with van der Waals surface area (Å²) in [6, 6.07) is 9.39. The minimum atomic E-state index is -3.33. The van der Waals surface area contributed by atoms with Crippen molar-refractivity contribution in [3.05, 3.63) is 41.3 Å². The van der Waals surface area contributed by atoms with Gasteiger partial charge in [-0.05, 0) is 29.1 Å². The fraction of sp³-hybridized carbons (Fsp3) is 0.375. The number of thiophene rings is 1. The molecule has 0 atom stereocenters. The maximum atomic E-state index is 12.5. The highest BCUT2D eigenvalue weighted by Gasteiger charge is 2.29. The Kier molecular flexibility index (Phi) is 4.21. The van der Waals surface area contributed by atoms with Crippen LogP contribution in [-0.2, 0) is 16.6 Å². The lowest BCUT2D eigenvalue weighted by molar-refractivity contribution is 0.173. The van der Waals surface area contributed by atoms with E-state index in [1.54, 1.807) is 21.8 Å². The highest BCUT2D eigenvalue weighted by Crippen LogP contribution is 2.33. The van der Waals surface area contributed by atoms with E-state index in [0.717, 1.165) is 36.7 Å². The first-order valence-electron chi connectivity index (χ1n) is 7.77. The Morgan fingerprint density at radius 3 is 2.58 bits per heavy atom. The highest BCUT2D eigenvalue weighted by atomic mass is 32.2. The molecule has 6 nitrogen and oxygen atoms in total. The Morgan fingerprint density at radius 1 is 1.04 bits per heavy atom. The molecule has 1 fully saturated rings. The molecular formula is C16H18N2O4S2. The van der Waals surface area contributed by atoms with Gasteiger partial charge in [-0.25, -0.2) is 8.42 Å². The second-order valence-electron chi connectivity index (χ2n) is 5.80. The maximum Gasteiger partial charge on any atom is 0.252 e. The molecule has 128 valence electrons. The molecule has 24 heavy (non-hydrogen) atoms. The van der Waals surface area contributed by atoms with Crippen LogP contribution in [-0.4, -0.2) is 50.6 Å². The largest absolute Gasteiger partial charge is 0.454 e. The molecule has 0 saturated carbocycles. The van der Waals surface area contributed by atoms with Gasteiger partial charge < -0.3 is 9.47 Å². The molecule has 0 radical (unpaired) electrons. The zero-order valence-corrected chi connectivity index (χ0v) is 14.7. The molecule has 1 saturated heterocycles. The monoisotopic (exact) mass is 366 g/mol. The predicted octanol–water partition coefficient (Wildman–Crippen LogP) is 1.98. The summed E-state index contributed by atoms with van der Waals surface area (Å²) < 4.78 is 37.8. The molecule has 8 heteroatoms. The number of piperazine rings is 1. The number of fused-ring (bicyclic) bond motifs is 1. The minimum Gasteiger partial charge on any atom is -0.454 e. The van der Waals surface area contributed by atoms with Gasteiger partial charge in [-0.3, -0.25) is 4.90 Å². The average Bonchev–Trinajstić information content (AvgIpc) is 3.27. The summed E-state index contributed by atoms with van der Waals surface area (Å²) in [7, 11) is -3.33. The van der Waals surface area contributed by atoms with Crippen LogP contribution in [0.4, 0.5) is 0 Å². The Bertz CT molecular complexity index is 813. The van der Waals surface area contributed by atoms with Gasteiger partial charge in [0.15, 0.2) is 11.5 Å². The van der Waals surface area contributed by atoms with E-state index in [2.05, 4.69) is 4.90 Å². The third-order valence-electron chi connectivity index (χ3n) is 4.26. The van der Waals surface area contributed by atoms with Crippen molar-refractivity contribution in [1.29, 1.82) is 0 Å². The van der Waals surface area contributed by atoms with Crippen molar-refractivity contribution in [3.63, 3.8) is 0 Å². The average molecular weight is 366 g/mol. The summed E-state index contributed by atoms with van der Waals surface area (Å²) in [5.41, 5.74) is 1.15. The van der Waals surface area contributed by atoms with Crippen LogP contribution < -0.4 is 9.47 Å². The normalized spacial score (nSPS) is 18.8. The minimum absolute atomic E-state index is 0.276. The lowest BCUT2D eigenvalue weighted by Gasteiger charge is -2.33. The van der Waals surface area contributed by atoms with E-state index in [1.807, 2.05) is 18.2 Å². The van der Waals surface area contributed by atoms with Gasteiger partial charge in [0, 0.05) is 32.7 Å². The van der Waals surface area contributed by atoms with Crippen molar-refractivity contribution in [3.8, 4) is 11.5 Å². The number of sulfonamides is 1. The van der Waals surface area contributed by atoms with E-state index in [4.69, 9.17) is 9.47 Å². The lowest BCUT2D eigenvalue weighted by Crippen LogP contribution is -2.48. The lowest BCUT2D eigenvalue weighted by atomic mass is 10.2. The van der Waals surface area contributed by atoms with Crippen molar-refractivity contribution in [2.75, 3.05) is 33.0 Å². The zero-order valence-electron chi connectivity index (χ0n) is 13.1. The molecule has 0 N–H and O–H groups in total. The molecule has 2 aromatic rings. The van der Waals surface area contributed by atoms with E-state index in [1.165, 1.54) is 11.3 Å². The molecule has 4 rings (SSSR count). The smallest absolute Gasteiger partial charge is 0.252 e. The topological polar surface area (TPSA) is 59.1 Å². The number of hydrogen-bond donors (Lipinski definition) is 0. The molecule has 2 aliphatic heterocycles. The van der Waals surface area contributed by atoms with Gasteiger partial charge in [-0.15, -0.1) is 11.3 Å². The quantitative estimate of drug-likeness (QED) is 0.828. The molecular weight excluding hydrogens is 348 g/mol. The van der Waals surface area contributed by atoms with Gasteiger partial charge in [0.05, 0.1) is 0 Å². The van der Waals surface area contributed by atoms with Crippen molar-refractivity contribution in [2.24, 2.45) is 0 Å². The molecule has 0 bridgehead atoms. The molecule has 1 aromatic carbocycles. The number of benzene rings is 1. The van der Waals surface area contributed by atoms with Crippen molar-refractivity contribution in [1.82, 2.24) is 9.21 Å². The molecule has 0 aliphatic carbocycles. The number of hydrogen-bond acceptors (Lipinski definition) is 6. The van der Waals surface area contributed by atoms with Gasteiger partial charge in [0.2, 0.25) is 6.79 Å². The molecule has 1 aromatic heterocycles. The van der Waals surface area contributed by atoms with Gasteiger partial charge in [0.25, 0.3) is 10.0 Å². The number of ether oxygens (including phenoxy) is 2. The van der Waals surface area contributed by atoms with E-state index >= 15 is 0 Å². The maximum absolute atomic E-state index is 12.5. The van der Waals surface area contributed by atoms with Gasteiger partial charge in [-0.2, -0.15) is 4.31 Å². The fourth-order valence-electron chi connectivity index (χ4n) is 2.96. The van der Waals surface area contributed by atoms with E-state index < -0.39 is 10.0 Å². The second-order valence-corrected chi connectivity index (χ2v) is 8.91. The zero-order chi connectivity index (χ0) is 16.6. The standard InChI is InChI=1S/C16H18N2O4S2/c19-24(20,16-2-1-9-23-16)18-7-5-17(6-8-18)11-13-3-4-14-15(10-13)22-12-21-14/h1-4,9-10H,5-8,11-12H2. The number of rotatable bonds is 4. The summed E-state index contributed by atoms with van der Waals surface area (Å²) in [5, 5.41) is 1.79. The molecule has 0 unspecified atom stereocenters. The van der Waals surface area contributed by atoms with Crippen molar-refractivity contribution < 1.29 is 17.9 Å². The third kappa shape index (κ3) is 3.02. The van der Waals surface area contributed by atoms with Crippen LogP contribution in [0.15, 0.2) is 39.9 Å². The van der Waals surface area contributed by atoms with E-state index in [0.29, 0.717) is 17.3 Å². The first-order valence-corrected chi connectivity index (χ1v) is 10.1. The number of nitrogens with zero attached hydrogens (tertiary/aromatic N) is 2. The molecule has 0 amide bonds. The Hall–Kier alpha value is -1.61. The van der Waals surface area contributed by atoms with Crippen LogP contribution in [0, 0.1) is 0 Å². The first-order chi connectivity index (χ1) is 11.6. The predicted molar refractivity (Wildman–Crippen MR) is 90.9 cm³/mol. The summed E-state index contributed by atoms with van der Waals surface area (Å²) in [6.07, 6.45) is 0. The van der Waals surface area contributed by atoms with Crippen LogP contribution in [0.25, 0.3) is 0 Å². The molecule has 2 aliphatic rings. The van der Waals surface area contributed by atoms with E-state index in [9.17, 15) is 8.42 Å². The summed E-state index contributed by atoms with van der Waals surface area (Å²) in [6.45, 7) is 3.54. The van der Waals surface area contributed by atoms with Crippen molar-refractivity contribution in [2.45, 2.75) is 10.8 Å². The first kappa shape index (κ1) is 15.9. The Balaban J connectivity index is 1.38. The molecule has 0 spiro atoms. The summed E-state index contributed by atoms with van der Waals surface area (Å²) in [4.78, 5) is 2.26. The van der Waals surface area contributed by atoms with Crippen LogP contribution >= 0.6 is 11.3 Å². The highest BCUT2D eigenvalue weighted by molar-refractivity contribution is 7.91. The van der Waals surface area contributed by atoms with Crippen LogP contribution in [0.3, 0.4) is 0 Å². The molecule has 3 heterocycles. The fourth-order valence-corrected chi connectivity index (χ4v) is 5.53. The van der Waals surface area contributed by atoms with Crippen molar-refractivity contribution >= 4 is 21.4 Å². The summed E-state index contributed by atoms with van der Waals surface area (Å²) >= 11 is 1.27. The van der Waals surface area contributed by atoms with Gasteiger partial charge in [0.1, 0.15) is 4.21 Å². The Morgan fingerprint density at radius 2 is 1.83 bits per heavy atom. The third-order valence-corrected chi connectivity index (χ3v) is 7.54. The van der Waals surface area contributed by atoms with Crippen LogP contribution in [0.5, 0.6) is 11.5 Å². The SMILES string of the molecule is O=S(=O)(c1cccs1)N1CCN(Cc2ccc3c(c2)OCO3)CC1. The van der Waals surface area contributed by atoms with Gasteiger partial charge >= 0.3 is 0 Å².